The smallest absolute Gasteiger partial charge is 0.272 e. The number of aromatic amines is 1. The lowest BCUT2D eigenvalue weighted by atomic mass is 10.1. The predicted octanol–water partition coefficient (Wildman–Crippen LogP) is 1.75. The molecule has 126 valence electrons. The minimum atomic E-state index is -0.245. The summed E-state index contributed by atoms with van der Waals surface area (Å²) in [5.41, 5.74) is 7.35. The van der Waals surface area contributed by atoms with E-state index in [-0.39, 0.29) is 24.0 Å². The Morgan fingerprint density at radius 3 is 2.92 bits per heavy atom. The number of rotatable bonds is 1. The van der Waals surface area contributed by atoms with E-state index in [1.54, 1.807) is 17.0 Å². The Balaban J connectivity index is 1.68. The van der Waals surface area contributed by atoms with Gasteiger partial charge in [-0.3, -0.25) is 14.6 Å². The van der Waals surface area contributed by atoms with Crippen LogP contribution in [0.1, 0.15) is 21.7 Å². The lowest BCUT2D eigenvalue weighted by molar-refractivity contribution is 0.0726. The number of carbonyl (C=O) groups excluding carboxylic acids is 1. The second-order valence-corrected chi connectivity index (χ2v) is 6.27. The highest BCUT2D eigenvalue weighted by Crippen LogP contribution is 2.23. The number of nitrogens with one attached hydrogen (secondary N) is 1. The van der Waals surface area contributed by atoms with Gasteiger partial charge in [0, 0.05) is 17.5 Å². The molecule has 0 aliphatic carbocycles. The largest absolute Gasteiger partial charge is 0.369 e. The maximum absolute atomic E-state index is 12.8. The molecule has 2 aromatic heterocycles. The van der Waals surface area contributed by atoms with Crippen LogP contribution in [-0.2, 0) is 13.0 Å². The first-order chi connectivity index (χ1) is 12.0. The number of carbonyl (C=O) groups is 1. The fraction of sp³-hybridized carbons (Fsp3) is 0.176. The highest BCUT2D eigenvalue weighted by molar-refractivity contribution is 6.35. The van der Waals surface area contributed by atoms with Gasteiger partial charge in [-0.05, 0) is 18.6 Å². The van der Waals surface area contributed by atoms with Crippen molar-refractivity contribution < 1.29 is 4.79 Å². The van der Waals surface area contributed by atoms with Crippen molar-refractivity contribution in [1.82, 2.24) is 19.9 Å². The quantitative estimate of drug-likeness (QED) is 0.692. The molecule has 8 heteroatoms. The van der Waals surface area contributed by atoms with Crippen molar-refractivity contribution in [3.8, 4) is 0 Å². The summed E-state index contributed by atoms with van der Waals surface area (Å²) >= 11 is 6.17. The second kappa shape index (κ2) is 5.86. The number of nitrogens with zero attached hydrogens (tertiary/aromatic N) is 3. The topological polar surface area (TPSA) is 105 Å². The highest BCUT2D eigenvalue weighted by atomic mass is 35.5. The number of fused-ring (bicyclic) bond motifs is 2. The summed E-state index contributed by atoms with van der Waals surface area (Å²) in [5, 5.41) is 1.37. The number of amides is 1. The summed E-state index contributed by atoms with van der Waals surface area (Å²) in [6.45, 7) is 0.646. The fourth-order valence-corrected chi connectivity index (χ4v) is 3.25. The van der Waals surface area contributed by atoms with Crippen LogP contribution < -0.4 is 11.3 Å². The van der Waals surface area contributed by atoms with Gasteiger partial charge >= 0.3 is 0 Å². The zero-order valence-electron chi connectivity index (χ0n) is 13.1. The van der Waals surface area contributed by atoms with E-state index in [2.05, 4.69) is 15.0 Å². The summed E-state index contributed by atoms with van der Waals surface area (Å²) < 4.78 is 0. The van der Waals surface area contributed by atoms with E-state index in [0.29, 0.717) is 40.5 Å². The number of nitrogens with two attached hydrogens (primary N) is 1. The number of hydrogen-bond donors (Lipinski definition) is 2. The second-order valence-electron chi connectivity index (χ2n) is 5.86. The van der Waals surface area contributed by atoms with Crippen LogP contribution in [0.2, 0.25) is 5.02 Å². The molecule has 4 rings (SSSR count). The van der Waals surface area contributed by atoms with Gasteiger partial charge in [0.05, 0.1) is 22.8 Å². The molecule has 3 N–H and O–H groups in total. The monoisotopic (exact) mass is 355 g/mol. The van der Waals surface area contributed by atoms with E-state index < -0.39 is 0 Å². The van der Waals surface area contributed by atoms with Gasteiger partial charge in [-0.25, -0.2) is 9.97 Å². The first kappa shape index (κ1) is 15.6. The lowest BCUT2D eigenvalue weighted by Gasteiger charge is -2.27. The van der Waals surface area contributed by atoms with Gasteiger partial charge in [-0.15, -0.1) is 0 Å². The van der Waals surface area contributed by atoms with Crippen molar-refractivity contribution in [2.45, 2.75) is 13.0 Å². The molecule has 0 radical (unpaired) electrons. The number of pyridine rings is 1. The van der Waals surface area contributed by atoms with Crippen LogP contribution in [0.4, 0.5) is 5.95 Å². The zero-order valence-corrected chi connectivity index (χ0v) is 13.9. The maximum Gasteiger partial charge on any atom is 0.272 e. The van der Waals surface area contributed by atoms with E-state index in [9.17, 15) is 9.59 Å². The molecule has 0 unspecified atom stereocenters. The number of anilines is 1. The summed E-state index contributed by atoms with van der Waals surface area (Å²) in [6, 6.07) is 8.96. The molecule has 25 heavy (non-hydrogen) atoms. The average molecular weight is 356 g/mol. The Kier molecular flexibility index (Phi) is 3.65. The average Bonchev–Trinajstić information content (AvgIpc) is 2.60. The first-order valence-electron chi connectivity index (χ1n) is 7.75. The van der Waals surface area contributed by atoms with Crippen molar-refractivity contribution >= 4 is 34.4 Å². The molecule has 3 aromatic rings. The number of benzene rings is 1. The van der Waals surface area contributed by atoms with Gasteiger partial charge in [-0.1, -0.05) is 29.8 Å². The SMILES string of the molecule is Nc1nc2c(c(=O)[nH]1)CCN(C(=O)c1ccc3cccc(Cl)c3n1)C2. The zero-order chi connectivity index (χ0) is 17.6. The predicted molar refractivity (Wildman–Crippen MR) is 94.5 cm³/mol. The molecule has 1 amide bonds. The number of H-pyrrole nitrogens is 1. The molecule has 0 bridgehead atoms. The molecular formula is C17H14ClN5O2. The summed E-state index contributed by atoms with van der Waals surface area (Å²) in [6.07, 6.45) is 0.429. The maximum atomic E-state index is 12.8. The number of hydrogen-bond acceptors (Lipinski definition) is 5. The van der Waals surface area contributed by atoms with E-state index in [4.69, 9.17) is 17.3 Å². The van der Waals surface area contributed by atoms with Gasteiger partial charge < -0.3 is 10.6 Å². The Labute approximate surface area is 147 Å². The molecule has 0 fully saturated rings. The van der Waals surface area contributed by atoms with Gasteiger partial charge in [0.1, 0.15) is 5.69 Å². The summed E-state index contributed by atoms with van der Waals surface area (Å²) in [4.78, 5) is 37.4. The highest BCUT2D eigenvalue weighted by Gasteiger charge is 2.25. The first-order valence-corrected chi connectivity index (χ1v) is 8.13. The molecule has 0 spiro atoms. The van der Waals surface area contributed by atoms with Gasteiger partial charge in [0.25, 0.3) is 11.5 Å². The number of halogens is 1. The van der Waals surface area contributed by atoms with Crippen molar-refractivity contribution in [3.63, 3.8) is 0 Å². The Hall–Kier alpha value is -2.93. The molecule has 0 saturated carbocycles. The molecule has 0 saturated heterocycles. The number of nitrogen functional groups attached to an aromatic ring is 1. The molecule has 1 aliphatic heterocycles. The normalized spacial score (nSPS) is 13.7. The molecule has 1 aromatic carbocycles. The molecule has 7 nitrogen and oxygen atoms in total. The van der Waals surface area contributed by atoms with Crippen LogP contribution >= 0.6 is 11.6 Å². The van der Waals surface area contributed by atoms with Crippen LogP contribution in [0.3, 0.4) is 0 Å². The van der Waals surface area contributed by atoms with Gasteiger partial charge in [0.15, 0.2) is 0 Å². The molecule has 1 aliphatic rings. The minimum Gasteiger partial charge on any atom is -0.369 e. The van der Waals surface area contributed by atoms with Crippen molar-refractivity contribution in [3.05, 3.63) is 62.7 Å². The third kappa shape index (κ3) is 2.72. The Bertz CT molecular complexity index is 1060. The fourth-order valence-electron chi connectivity index (χ4n) is 3.02. The third-order valence-corrected chi connectivity index (χ3v) is 4.57. The van der Waals surface area contributed by atoms with Crippen LogP contribution in [0.5, 0.6) is 0 Å². The standard InChI is InChI=1S/C17H14ClN5O2/c18-11-3-1-2-9-4-5-12(20-14(9)11)16(25)23-7-6-10-13(8-23)21-17(19)22-15(10)24/h1-5H,6-8H2,(H3,19,21,22,24). The van der Waals surface area contributed by atoms with Crippen molar-refractivity contribution in [2.75, 3.05) is 12.3 Å². The van der Waals surface area contributed by atoms with Crippen LogP contribution in [0.15, 0.2) is 35.1 Å². The Morgan fingerprint density at radius 2 is 2.08 bits per heavy atom. The van der Waals surface area contributed by atoms with E-state index in [1.807, 2.05) is 18.2 Å². The number of aromatic nitrogens is 3. The van der Waals surface area contributed by atoms with E-state index >= 15 is 0 Å². The minimum absolute atomic E-state index is 0.0497. The van der Waals surface area contributed by atoms with Crippen molar-refractivity contribution in [2.24, 2.45) is 0 Å². The third-order valence-electron chi connectivity index (χ3n) is 4.27. The van der Waals surface area contributed by atoms with Crippen LogP contribution in [0.25, 0.3) is 10.9 Å². The van der Waals surface area contributed by atoms with E-state index in [1.165, 1.54) is 0 Å². The molecule has 3 heterocycles. The van der Waals surface area contributed by atoms with Gasteiger partial charge in [0.2, 0.25) is 5.95 Å². The summed E-state index contributed by atoms with van der Waals surface area (Å²) in [5.74, 6) is -0.179. The molecular weight excluding hydrogens is 342 g/mol. The van der Waals surface area contributed by atoms with Crippen LogP contribution in [0, 0.1) is 0 Å². The Morgan fingerprint density at radius 1 is 1.24 bits per heavy atom. The van der Waals surface area contributed by atoms with Crippen molar-refractivity contribution in [1.29, 1.82) is 0 Å². The molecule has 0 atom stereocenters. The lowest BCUT2D eigenvalue weighted by Crippen LogP contribution is -2.39. The van der Waals surface area contributed by atoms with Crippen LogP contribution in [-0.4, -0.2) is 32.3 Å². The number of para-hydroxylation sites is 1. The van der Waals surface area contributed by atoms with E-state index in [0.717, 1.165) is 5.39 Å². The van der Waals surface area contributed by atoms with Gasteiger partial charge in [-0.2, -0.15) is 0 Å². The summed E-state index contributed by atoms with van der Waals surface area (Å²) in [7, 11) is 0.